The Morgan fingerprint density at radius 3 is 2.57 bits per heavy atom. The van der Waals surface area contributed by atoms with Crippen LogP contribution in [-0.4, -0.2) is 11.1 Å². The molecule has 116 valence electrons. The maximum absolute atomic E-state index is 12.6. The fraction of sp³-hybridized carbons (Fsp3) is 0.111. The van der Waals surface area contributed by atoms with Gasteiger partial charge in [-0.05, 0) is 47.5 Å². The van der Waals surface area contributed by atoms with E-state index in [0.717, 1.165) is 15.6 Å². The van der Waals surface area contributed by atoms with Crippen molar-refractivity contribution in [2.45, 2.75) is 13.8 Å². The second kappa shape index (κ2) is 6.38. The quantitative estimate of drug-likeness (QED) is 0.483. The summed E-state index contributed by atoms with van der Waals surface area (Å²) in [5.41, 5.74) is 2.70. The first-order valence-electron chi connectivity index (χ1n) is 7.06. The molecule has 3 rings (SSSR count). The highest BCUT2D eigenvalue weighted by Crippen LogP contribution is 2.30. The number of nitrogens with zero attached hydrogens (tertiary/aromatic N) is 1. The summed E-state index contributed by atoms with van der Waals surface area (Å²) in [4.78, 5) is 12.6. The summed E-state index contributed by atoms with van der Waals surface area (Å²) < 4.78 is 11.4. The zero-order chi connectivity index (χ0) is 16.4. The molecule has 5 heteroatoms. The van der Waals surface area contributed by atoms with E-state index in [2.05, 4.69) is 21.1 Å². The average molecular weight is 372 g/mol. The third-order valence-corrected chi connectivity index (χ3v) is 4.02. The van der Waals surface area contributed by atoms with Gasteiger partial charge in [0.05, 0.1) is 4.47 Å². The Kier molecular flexibility index (Phi) is 4.30. The molecular formula is C18H14BrNO3. The fourth-order valence-corrected chi connectivity index (χ4v) is 2.82. The first kappa shape index (κ1) is 15.5. The Morgan fingerprint density at radius 1 is 1.13 bits per heavy atom. The predicted molar refractivity (Wildman–Crippen MR) is 90.5 cm³/mol. The van der Waals surface area contributed by atoms with Crippen LogP contribution in [0.2, 0.25) is 0 Å². The lowest BCUT2D eigenvalue weighted by atomic mass is 10.1. The van der Waals surface area contributed by atoms with E-state index in [1.807, 2.05) is 49.4 Å². The fourth-order valence-electron chi connectivity index (χ4n) is 2.25. The number of hydrogen-bond donors (Lipinski definition) is 0. The number of aryl methyl sites for hydroxylation is 2. The van der Waals surface area contributed by atoms with Crippen LogP contribution in [0.3, 0.4) is 0 Å². The summed E-state index contributed by atoms with van der Waals surface area (Å²) in [7, 11) is 0. The zero-order valence-corrected chi connectivity index (χ0v) is 14.3. The van der Waals surface area contributed by atoms with Crippen molar-refractivity contribution in [3.63, 3.8) is 0 Å². The van der Waals surface area contributed by atoms with Crippen LogP contribution < -0.4 is 4.74 Å². The molecule has 0 amide bonds. The average Bonchev–Trinajstić information content (AvgIpc) is 2.93. The highest BCUT2D eigenvalue weighted by molar-refractivity contribution is 9.10. The summed E-state index contributed by atoms with van der Waals surface area (Å²) in [6.07, 6.45) is 0. The van der Waals surface area contributed by atoms with E-state index in [9.17, 15) is 4.79 Å². The van der Waals surface area contributed by atoms with Crippen LogP contribution in [0.15, 0.2) is 57.5 Å². The number of esters is 1. The number of carbonyl (C=O) groups excluding carboxylic acids is 1. The van der Waals surface area contributed by atoms with E-state index in [0.29, 0.717) is 22.8 Å². The van der Waals surface area contributed by atoms with Gasteiger partial charge in [-0.2, -0.15) is 0 Å². The molecule has 3 aromatic rings. The van der Waals surface area contributed by atoms with Crippen LogP contribution in [0.4, 0.5) is 0 Å². The Morgan fingerprint density at radius 2 is 1.87 bits per heavy atom. The minimum absolute atomic E-state index is 0.337. The second-order valence-electron chi connectivity index (χ2n) is 5.15. The lowest BCUT2D eigenvalue weighted by Gasteiger charge is -2.07. The molecule has 1 heterocycles. The van der Waals surface area contributed by atoms with Crippen LogP contribution in [0.1, 0.15) is 21.7 Å². The number of rotatable bonds is 3. The molecule has 0 bridgehead atoms. The van der Waals surface area contributed by atoms with Crippen LogP contribution in [0.5, 0.6) is 5.75 Å². The highest BCUT2D eigenvalue weighted by atomic mass is 79.9. The molecule has 0 aliphatic carbocycles. The van der Waals surface area contributed by atoms with Gasteiger partial charge in [-0.1, -0.05) is 41.6 Å². The molecule has 0 unspecified atom stereocenters. The molecule has 0 spiro atoms. The minimum atomic E-state index is -0.493. The van der Waals surface area contributed by atoms with Crippen LogP contribution in [0, 0.1) is 13.8 Å². The van der Waals surface area contributed by atoms with Crippen molar-refractivity contribution in [2.75, 3.05) is 0 Å². The maximum Gasteiger partial charge on any atom is 0.349 e. The van der Waals surface area contributed by atoms with Gasteiger partial charge in [-0.3, -0.25) is 0 Å². The first-order chi connectivity index (χ1) is 11.1. The van der Waals surface area contributed by atoms with Crippen molar-refractivity contribution in [1.29, 1.82) is 0 Å². The lowest BCUT2D eigenvalue weighted by Crippen LogP contribution is -2.10. The van der Waals surface area contributed by atoms with Crippen LogP contribution in [0.25, 0.3) is 11.3 Å². The number of carbonyl (C=O) groups is 1. The van der Waals surface area contributed by atoms with Gasteiger partial charge in [0.25, 0.3) is 0 Å². The molecule has 0 fully saturated rings. The monoisotopic (exact) mass is 371 g/mol. The second-order valence-corrected chi connectivity index (χ2v) is 6.01. The zero-order valence-electron chi connectivity index (χ0n) is 12.7. The topological polar surface area (TPSA) is 52.3 Å². The number of aromatic nitrogens is 1. The van der Waals surface area contributed by atoms with Crippen molar-refractivity contribution >= 4 is 21.9 Å². The summed E-state index contributed by atoms with van der Waals surface area (Å²) in [6.45, 7) is 3.66. The summed E-state index contributed by atoms with van der Waals surface area (Å²) in [5, 5.41) is 4.00. The van der Waals surface area contributed by atoms with Crippen molar-refractivity contribution in [3.8, 4) is 17.0 Å². The van der Waals surface area contributed by atoms with Gasteiger partial charge in [0.1, 0.15) is 22.8 Å². The highest BCUT2D eigenvalue weighted by Gasteiger charge is 2.24. The molecule has 0 aliphatic heterocycles. The van der Waals surface area contributed by atoms with Crippen LogP contribution in [-0.2, 0) is 0 Å². The molecule has 23 heavy (non-hydrogen) atoms. The van der Waals surface area contributed by atoms with Crippen molar-refractivity contribution in [3.05, 3.63) is 69.9 Å². The number of hydrogen-bond acceptors (Lipinski definition) is 4. The summed E-state index contributed by atoms with van der Waals surface area (Å²) >= 11 is 3.40. The van der Waals surface area contributed by atoms with E-state index < -0.39 is 5.97 Å². The molecule has 0 saturated heterocycles. The molecule has 1 aromatic heterocycles. The standard InChI is InChI=1S/C18H14BrNO3/c1-11-8-9-15(14(19)10-11)22-18(21)16-12(2)23-20-17(16)13-6-4-3-5-7-13/h3-10H,1-2H3. The van der Waals surface area contributed by atoms with Crippen molar-refractivity contribution in [1.82, 2.24) is 5.16 Å². The van der Waals surface area contributed by atoms with E-state index in [-0.39, 0.29) is 0 Å². The third-order valence-electron chi connectivity index (χ3n) is 3.40. The molecule has 0 radical (unpaired) electrons. The molecule has 0 atom stereocenters. The van der Waals surface area contributed by atoms with Crippen LogP contribution >= 0.6 is 15.9 Å². The minimum Gasteiger partial charge on any atom is -0.422 e. The van der Waals surface area contributed by atoms with Gasteiger partial charge < -0.3 is 9.26 Å². The Labute approximate surface area is 142 Å². The molecule has 0 aliphatic rings. The SMILES string of the molecule is Cc1ccc(OC(=O)c2c(-c3ccccc3)noc2C)c(Br)c1. The summed E-state index contributed by atoms with van der Waals surface area (Å²) in [5.74, 6) is 0.393. The normalized spacial score (nSPS) is 10.6. The Balaban J connectivity index is 1.96. The smallest absolute Gasteiger partial charge is 0.349 e. The third kappa shape index (κ3) is 3.19. The Bertz CT molecular complexity index is 856. The molecule has 0 N–H and O–H groups in total. The summed E-state index contributed by atoms with van der Waals surface area (Å²) in [6, 6.07) is 14.9. The maximum atomic E-state index is 12.6. The van der Waals surface area contributed by atoms with Crippen molar-refractivity contribution in [2.24, 2.45) is 0 Å². The predicted octanol–water partition coefficient (Wildman–Crippen LogP) is 4.94. The molecule has 4 nitrogen and oxygen atoms in total. The van der Waals surface area contributed by atoms with Crippen molar-refractivity contribution < 1.29 is 14.1 Å². The largest absolute Gasteiger partial charge is 0.422 e. The lowest BCUT2D eigenvalue weighted by molar-refractivity contribution is 0.0732. The first-order valence-corrected chi connectivity index (χ1v) is 7.85. The van der Waals surface area contributed by atoms with Gasteiger partial charge in [-0.25, -0.2) is 4.79 Å². The van der Waals surface area contributed by atoms with E-state index in [4.69, 9.17) is 9.26 Å². The Hall–Kier alpha value is -2.40. The molecule has 2 aromatic carbocycles. The number of halogens is 1. The van der Waals surface area contributed by atoms with E-state index >= 15 is 0 Å². The molecular weight excluding hydrogens is 358 g/mol. The van der Waals surface area contributed by atoms with Gasteiger partial charge in [0.15, 0.2) is 0 Å². The molecule has 0 saturated carbocycles. The van der Waals surface area contributed by atoms with E-state index in [1.165, 1.54) is 0 Å². The van der Waals surface area contributed by atoms with Gasteiger partial charge in [0.2, 0.25) is 0 Å². The van der Waals surface area contributed by atoms with Gasteiger partial charge >= 0.3 is 5.97 Å². The van der Waals surface area contributed by atoms with Gasteiger partial charge in [-0.15, -0.1) is 0 Å². The van der Waals surface area contributed by atoms with Gasteiger partial charge in [0, 0.05) is 5.56 Å². The number of benzene rings is 2. The number of ether oxygens (including phenoxy) is 1. The van der Waals surface area contributed by atoms with E-state index in [1.54, 1.807) is 13.0 Å².